The number of anilines is 3. The van der Waals surface area contributed by atoms with Crippen LogP contribution in [-0.4, -0.2) is 55.1 Å². The van der Waals surface area contributed by atoms with Crippen LogP contribution in [0.2, 0.25) is 0 Å². The average Bonchev–Trinajstić information content (AvgIpc) is 3.21. The third-order valence-corrected chi connectivity index (χ3v) is 5.62. The van der Waals surface area contributed by atoms with Crippen LogP contribution in [0.1, 0.15) is 12.8 Å². The summed E-state index contributed by atoms with van der Waals surface area (Å²) in [6.45, 7) is 1.24. The van der Waals surface area contributed by atoms with E-state index < -0.39 is 17.7 Å². The van der Waals surface area contributed by atoms with E-state index in [0.717, 1.165) is 25.1 Å². The van der Waals surface area contributed by atoms with E-state index in [1.165, 1.54) is 28.8 Å². The van der Waals surface area contributed by atoms with E-state index in [1.807, 2.05) is 6.07 Å². The van der Waals surface area contributed by atoms with Crippen molar-refractivity contribution >= 4 is 29.1 Å². The molecule has 1 fully saturated rings. The van der Waals surface area contributed by atoms with Crippen molar-refractivity contribution < 1.29 is 18.7 Å². The van der Waals surface area contributed by atoms with Gasteiger partial charge in [-0.15, -0.1) is 10.2 Å². The van der Waals surface area contributed by atoms with E-state index in [0.29, 0.717) is 17.9 Å². The number of benzene rings is 1. The molecule has 12 heteroatoms. The minimum atomic E-state index is -1.05. The summed E-state index contributed by atoms with van der Waals surface area (Å²) >= 11 is 0. The Labute approximate surface area is 192 Å². The van der Waals surface area contributed by atoms with Crippen molar-refractivity contribution in [1.29, 1.82) is 0 Å². The SMILES string of the molecule is O=C(O)NC1CCCN(c2ccncc2Nc2nnc3ccc(-c4c(F)cccc4F)nn23)C1. The first-order chi connectivity index (χ1) is 16.5. The van der Waals surface area contributed by atoms with Crippen molar-refractivity contribution in [2.45, 2.75) is 18.9 Å². The van der Waals surface area contributed by atoms with Crippen LogP contribution >= 0.6 is 0 Å². The molecule has 0 spiro atoms. The molecule has 4 aromatic rings. The van der Waals surface area contributed by atoms with Gasteiger partial charge in [0, 0.05) is 25.3 Å². The van der Waals surface area contributed by atoms with Crippen molar-refractivity contribution in [3.8, 4) is 11.3 Å². The largest absolute Gasteiger partial charge is 0.465 e. The first kappa shape index (κ1) is 21.5. The number of aromatic nitrogens is 5. The van der Waals surface area contributed by atoms with Gasteiger partial charge in [0.1, 0.15) is 11.6 Å². The molecule has 174 valence electrons. The van der Waals surface area contributed by atoms with E-state index in [9.17, 15) is 13.6 Å². The maximum Gasteiger partial charge on any atom is 0.404 e. The number of rotatable bonds is 5. The fourth-order valence-corrected chi connectivity index (χ4v) is 4.11. The molecule has 1 unspecified atom stereocenters. The molecular weight excluding hydrogens is 446 g/mol. The summed E-state index contributed by atoms with van der Waals surface area (Å²) in [7, 11) is 0. The Morgan fingerprint density at radius 3 is 2.74 bits per heavy atom. The molecular formula is C22H20F2N8O2. The molecule has 1 atom stereocenters. The van der Waals surface area contributed by atoms with Gasteiger partial charge in [0.25, 0.3) is 5.95 Å². The number of nitrogens with zero attached hydrogens (tertiary/aromatic N) is 6. The Kier molecular flexibility index (Phi) is 5.62. The molecule has 0 radical (unpaired) electrons. The summed E-state index contributed by atoms with van der Waals surface area (Å²) in [5.41, 5.74) is 1.65. The summed E-state index contributed by atoms with van der Waals surface area (Å²) in [5.74, 6) is -1.21. The van der Waals surface area contributed by atoms with Crippen LogP contribution in [0.4, 0.5) is 30.9 Å². The zero-order valence-corrected chi connectivity index (χ0v) is 17.8. The topological polar surface area (TPSA) is 121 Å². The average molecular weight is 466 g/mol. The fraction of sp³-hybridized carbons (Fsp3) is 0.227. The van der Waals surface area contributed by atoms with Crippen LogP contribution in [0.15, 0.2) is 48.8 Å². The van der Waals surface area contributed by atoms with E-state index in [1.54, 1.807) is 18.5 Å². The van der Waals surface area contributed by atoms with Gasteiger partial charge < -0.3 is 20.6 Å². The van der Waals surface area contributed by atoms with Crippen LogP contribution in [0.3, 0.4) is 0 Å². The molecule has 3 N–H and O–H groups in total. The molecule has 0 saturated carbocycles. The molecule has 3 aromatic heterocycles. The zero-order valence-electron chi connectivity index (χ0n) is 17.8. The van der Waals surface area contributed by atoms with Crippen LogP contribution in [0.25, 0.3) is 16.9 Å². The number of carboxylic acid groups (broad SMARTS) is 1. The van der Waals surface area contributed by atoms with Gasteiger partial charge in [-0.05, 0) is 43.2 Å². The Morgan fingerprint density at radius 2 is 1.94 bits per heavy atom. The molecule has 1 saturated heterocycles. The summed E-state index contributed by atoms with van der Waals surface area (Å²) in [4.78, 5) is 17.3. The second-order valence-electron chi connectivity index (χ2n) is 7.86. The lowest BCUT2D eigenvalue weighted by molar-refractivity contribution is 0.188. The normalized spacial score (nSPS) is 15.9. The van der Waals surface area contributed by atoms with Gasteiger partial charge in [-0.2, -0.15) is 9.61 Å². The molecule has 34 heavy (non-hydrogen) atoms. The van der Waals surface area contributed by atoms with Crippen LogP contribution in [0, 0.1) is 11.6 Å². The number of halogens is 2. The van der Waals surface area contributed by atoms with E-state index in [-0.39, 0.29) is 23.2 Å². The Hall–Kier alpha value is -4.35. The molecule has 1 aliphatic heterocycles. The number of pyridine rings is 1. The molecule has 5 rings (SSSR count). The number of amides is 1. The first-order valence-electron chi connectivity index (χ1n) is 10.6. The molecule has 0 bridgehead atoms. The number of carbonyl (C=O) groups is 1. The van der Waals surface area contributed by atoms with Crippen molar-refractivity contribution in [3.05, 3.63) is 60.4 Å². The van der Waals surface area contributed by atoms with Crippen molar-refractivity contribution in [1.82, 2.24) is 30.1 Å². The van der Waals surface area contributed by atoms with E-state index in [4.69, 9.17) is 5.11 Å². The minimum absolute atomic E-state index is 0.0935. The quantitative estimate of drug-likeness (QED) is 0.409. The Morgan fingerprint density at radius 1 is 1.12 bits per heavy atom. The number of fused-ring (bicyclic) bond motifs is 1. The fourth-order valence-electron chi connectivity index (χ4n) is 4.11. The summed E-state index contributed by atoms with van der Waals surface area (Å²) in [6.07, 6.45) is 3.78. The molecule has 1 aromatic carbocycles. The van der Waals surface area contributed by atoms with Crippen LogP contribution < -0.4 is 15.5 Å². The Balaban J connectivity index is 1.47. The van der Waals surface area contributed by atoms with Crippen molar-refractivity contribution in [2.75, 3.05) is 23.3 Å². The summed E-state index contributed by atoms with van der Waals surface area (Å²) in [6, 6.07) is 8.31. The number of hydrogen-bond donors (Lipinski definition) is 3. The highest BCUT2D eigenvalue weighted by Gasteiger charge is 2.24. The van der Waals surface area contributed by atoms with Gasteiger partial charge in [-0.25, -0.2) is 13.6 Å². The second-order valence-corrected chi connectivity index (χ2v) is 7.86. The predicted octanol–water partition coefficient (Wildman–Crippen LogP) is 3.44. The first-order valence-corrected chi connectivity index (χ1v) is 10.6. The maximum absolute atomic E-state index is 14.3. The predicted molar refractivity (Wildman–Crippen MR) is 120 cm³/mol. The molecule has 4 heterocycles. The lowest BCUT2D eigenvalue weighted by Gasteiger charge is -2.35. The van der Waals surface area contributed by atoms with Crippen LogP contribution in [-0.2, 0) is 0 Å². The second kappa shape index (κ2) is 8.89. The summed E-state index contributed by atoms with van der Waals surface area (Å²) in [5, 5.41) is 27.3. The molecule has 1 amide bonds. The number of nitrogens with one attached hydrogen (secondary N) is 2. The van der Waals surface area contributed by atoms with E-state index in [2.05, 4.69) is 35.8 Å². The third-order valence-electron chi connectivity index (χ3n) is 5.62. The van der Waals surface area contributed by atoms with Gasteiger partial charge in [0.05, 0.1) is 28.8 Å². The van der Waals surface area contributed by atoms with Gasteiger partial charge in [0.15, 0.2) is 5.65 Å². The number of piperidine rings is 1. The lowest BCUT2D eigenvalue weighted by atomic mass is 10.1. The van der Waals surface area contributed by atoms with Gasteiger partial charge >= 0.3 is 6.09 Å². The highest BCUT2D eigenvalue weighted by molar-refractivity contribution is 5.73. The lowest BCUT2D eigenvalue weighted by Crippen LogP contribution is -2.47. The van der Waals surface area contributed by atoms with Crippen molar-refractivity contribution in [3.63, 3.8) is 0 Å². The van der Waals surface area contributed by atoms with Crippen molar-refractivity contribution in [2.24, 2.45) is 0 Å². The molecule has 10 nitrogen and oxygen atoms in total. The standard InChI is InChI=1S/C22H20F2N8O2/c23-14-4-1-5-15(24)20(14)16-6-7-19-28-29-21(32(19)30-16)27-17-11-25-9-8-18(17)31-10-2-3-13(12-31)26-22(33)34/h1,4-9,11,13,26H,2-3,10,12H2,(H,27,29)(H,33,34). The van der Waals surface area contributed by atoms with Gasteiger partial charge in [-0.3, -0.25) is 4.98 Å². The highest BCUT2D eigenvalue weighted by atomic mass is 19.1. The maximum atomic E-state index is 14.3. The van der Waals surface area contributed by atoms with Gasteiger partial charge in [-0.1, -0.05) is 6.07 Å². The zero-order chi connectivity index (χ0) is 23.7. The monoisotopic (exact) mass is 466 g/mol. The minimum Gasteiger partial charge on any atom is -0.465 e. The van der Waals surface area contributed by atoms with Crippen LogP contribution in [0.5, 0.6) is 0 Å². The number of hydrogen-bond acceptors (Lipinski definition) is 7. The smallest absolute Gasteiger partial charge is 0.404 e. The summed E-state index contributed by atoms with van der Waals surface area (Å²) < 4.78 is 29.9. The third kappa shape index (κ3) is 4.17. The van der Waals surface area contributed by atoms with E-state index >= 15 is 0 Å². The Bertz CT molecular complexity index is 1340. The van der Waals surface area contributed by atoms with Gasteiger partial charge in [0.2, 0.25) is 0 Å². The highest BCUT2D eigenvalue weighted by Crippen LogP contribution is 2.30. The molecule has 1 aliphatic rings. The molecule has 0 aliphatic carbocycles.